The van der Waals surface area contributed by atoms with Gasteiger partial charge in [0.1, 0.15) is 11.8 Å². The molecule has 2 aromatic carbocycles. The minimum Gasteiger partial charge on any atom is -0.482 e. The number of nitrogens with zero attached hydrogens (tertiary/aromatic N) is 3. The van der Waals surface area contributed by atoms with E-state index >= 15 is 0 Å². The molecule has 132 valence electrons. The summed E-state index contributed by atoms with van der Waals surface area (Å²) in [5, 5.41) is 23.7. The van der Waals surface area contributed by atoms with Crippen molar-refractivity contribution in [2.45, 2.75) is 13.3 Å². The number of nitro benzene ring substituents is 1. The predicted molar refractivity (Wildman–Crippen MR) is 94.9 cm³/mol. The second kappa shape index (κ2) is 8.94. The number of rotatable bonds is 7. The van der Waals surface area contributed by atoms with Crippen molar-refractivity contribution >= 4 is 17.8 Å². The Morgan fingerprint density at radius 3 is 2.85 bits per heavy atom. The molecule has 0 bridgehead atoms. The summed E-state index contributed by atoms with van der Waals surface area (Å²) in [7, 11) is 0. The molecule has 26 heavy (non-hydrogen) atoms. The third-order valence-corrected chi connectivity index (χ3v) is 3.46. The third-order valence-electron chi connectivity index (χ3n) is 3.46. The Hall–Kier alpha value is -3.73. The van der Waals surface area contributed by atoms with Crippen LogP contribution >= 0.6 is 0 Å². The quantitative estimate of drug-likeness (QED) is 0.467. The molecule has 1 N–H and O–H groups in total. The van der Waals surface area contributed by atoms with E-state index in [-0.39, 0.29) is 12.3 Å². The molecule has 0 aromatic heterocycles. The van der Waals surface area contributed by atoms with Crippen molar-refractivity contribution < 1.29 is 14.5 Å². The normalized spacial score (nSPS) is 10.3. The SMILES string of the molecule is CCc1ccc(/C=N\NC(=O)COc2ccccc2C#N)cc1[N+](=O)[O-]. The highest BCUT2D eigenvalue weighted by molar-refractivity contribution is 5.83. The fourth-order valence-electron chi connectivity index (χ4n) is 2.17. The lowest BCUT2D eigenvalue weighted by Gasteiger charge is -2.06. The summed E-state index contributed by atoms with van der Waals surface area (Å²) in [5.74, 6) is -0.214. The van der Waals surface area contributed by atoms with Gasteiger partial charge in [0.25, 0.3) is 11.6 Å². The van der Waals surface area contributed by atoms with Gasteiger partial charge in [0, 0.05) is 17.2 Å². The lowest BCUT2D eigenvalue weighted by molar-refractivity contribution is -0.385. The van der Waals surface area contributed by atoms with E-state index in [1.165, 1.54) is 12.3 Å². The Labute approximate surface area is 149 Å². The van der Waals surface area contributed by atoms with Gasteiger partial charge in [-0.05, 0) is 18.6 Å². The minimum absolute atomic E-state index is 0.0132. The zero-order valence-electron chi connectivity index (χ0n) is 14.0. The van der Waals surface area contributed by atoms with Gasteiger partial charge >= 0.3 is 0 Å². The summed E-state index contributed by atoms with van der Waals surface area (Å²) in [4.78, 5) is 22.3. The van der Waals surface area contributed by atoms with Crippen molar-refractivity contribution in [1.82, 2.24) is 5.43 Å². The molecule has 0 atom stereocenters. The zero-order valence-corrected chi connectivity index (χ0v) is 14.0. The van der Waals surface area contributed by atoms with Crippen LogP contribution in [0.25, 0.3) is 0 Å². The van der Waals surface area contributed by atoms with Crippen LogP contribution in [0.1, 0.15) is 23.6 Å². The van der Waals surface area contributed by atoms with E-state index in [2.05, 4.69) is 10.5 Å². The number of carbonyl (C=O) groups is 1. The van der Waals surface area contributed by atoms with Crippen LogP contribution in [-0.4, -0.2) is 23.7 Å². The number of carbonyl (C=O) groups excluding carboxylic acids is 1. The van der Waals surface area contributed by atoms with Crippen molar-refractivity contribution in [3.05, 3.63) is 69.3 Å². The summed E-state index contributed by atoms with van der Waals surface area (Å²) >= 11 is 0. The molecule has 0 spiro atoms. The standard InChI is InChI=1S/C18H16N4O4/c1-2-14-8-7-13(9-16(14)22(24)25)11-20-21-18(23)12-26-17-6-4-3-5-15(17)10-19/h3-9,11H,2,12H2,1H3,(H,21,23)/b20-11-. The number of aryl methyl sites for hydroxylation is 1. The highest BCUT2D eigenvalue weighted by Crippen LogP contribution is 2.20. The van der Waals surface area contributed by atoms with Crippen LogP contribution < -0.4 is 10.2 Å². The van der Waals surface area contributed by atoms with Gasteiger partial charge < -0.3 is 4.74 Å². The van der Waals surface area contributed by atoms with Crippen LogP contribution in [0.2, 0.25) is 0 Å². The monoisotopic (exact) mass is 352 g/mol. The summed E-state index contributed by atoms with van der Waals surface area (Å²) in [5.41, 5.74) is 3.72. The van der Waals surface area contributed by atoms with Gasteiger partial charge in [-0.15, -0.1) is 0 Å². The number of hydrogen-bond acceptors (Lipinski definition) is 6. The van der Waals surface area contributed by atoms with Gasteiger partial charge in [-0.25, -0.2) is 5.43 Å². The van der Waals surface area contributed by atoms with E-state index < -0.39 is 10.8 Å². The van der Waals surface area contributed by atoms with Crippen molar-refractivity contribution in [3.8, 4) is 11.8 Å². The number of para-hydroxylation sites is 1. The first-order chi connectivity index (χ1) is 12.5. The Balaban J connectivity index is 1.94. The van der Waals surface area contributed by atoms with E-state index in [0.717, 1.165) is 0 Å². The average molecular weight is 352 g/mol. The maximum absolute atomic E-state index is 11.7. The van der Waals surface area contributed by atoms with Gasteiger partial charge in [0.2, 0.25) is 0 Å². The Kier molecular flexibility index (Phi) is 6.40. The molecule has 1 amide bonds. The van der Waals surface area contributed by atoms with Crippen LogP contribution in [0.3, 0.4) is 0 Å². The molecule has 0 aliphatic heterocycles. The maximum Gasteiger partial charge on any atom is 0.277 e. The summed E-state index contributed by atoms with van der Waals surface area (Å²) in [6, 6.07) is 13.3. The molecule has 0 heterocycles. The topological polar surface area (TPSA) is 118 Å². The summed E-state index contributed by atoms with van der Waals surface area (Å²) in [6.07, 6.45) is 1.86. The molecule has 0 fully saturated rings. The zero-order chi connectivity index (χ0) is 18.9. The number of hydrazone groups is 1. The number of nitriles is 1. The van der Waals surface area contributed by atoms with Gasteiger partial charge in [-0.3, -0.25) is 14.9 Å². The summed E-state index contributed by atoms with van der Waals surface area (Å²) < 4.78 is 5.28. The molecule has 0 radical (unpaired) electrons. The molecule has 8 nitrogen and oxygen atoms in total. The fraction of sp³-hybridized carbons (Fsp3) is 0.167. The Morgan fingerprint density at radius 1 is 1.38 bits per heavy atom. The van der Waals surface area contributed by atoms with E-state index in [0.29, 0.717) is 28.9 Å². The predicted octanol–water partition coefficient (Wildman–Crippen LogP) is 2.56. The molecule has 0 aliphatic carbocycles. The van der Waals surface area contributed by atoms with Gasteiger partial charge in [0.15, 0.2) is 6.61 Å². The van der Waals surface area contributed by atoms with E-state index in [9.17, 15) is 14.9 Å². The number of hydrogen-bond donors (Lipinski definition) is 1. The van der Waals surface area contributed by atoms with Crippen LogP contribution in [0.15, 0.2) is 47.6 Å². The van der Waals surface area contributed by atoms with Crippen LogP contribution in [0.5, 0.6) is 5.75 Å². The lowest BCUT2D eigenvalue weighted by Crippen LogP contribution is -2.24. The molecule has 0 unspecified atom stereocenters. The highest BCUT2D eigenvalue weighted by atomic mass is 16.6. The average Bonchev–Trinajstić information content (AvgIpc) is 2.66. The Bertz CT molecular complexity index is 887. The largest absolute Gasteiger partial charge is 0.482 e. The minimum atomic E-state index is -0.520. The molecule has 2 aromatic rings. The van der Waals surface area contributed by atoms with Gasteiger partial charge in [-0.1, -0.05) is 31.2 Å². The number of ether oxygens (including phenoxy) is 1. The molecule has 0 aliphatic rings. The second-order valence-electron chi connectivity index (χ2n) is 5.19. The molecular formula is C18H16N4O4. The van der Waals surface area contributed by atoms with E-state index in [1.807, 2.05) is 13.0 Å². The number of nitro groups is 1. The number of amides is 1. The first-order valence-electron chi connectivity index (χ1n) is 7.76. The van der Waals surface area contributed by atoms with Crippen molar-refractivity contribution in [1.29, 1.82) is 5.26 Å². The van der Waals surface area contributed by atoms with E-state index in [1.54, 1.807) is 36.4 Å². The van der Waals surface area contributed by atoms with Crippen molar-refractivity contribution in [3.63, 3.8) is 0 Å². The first-order valence-corrected chi connectivity index (χ1v) is 7.76. The first kappa shape index (κ1) is 18.6. The van der Waals surface area contributed by atoms with Crippen LogP contribution in [0.4, 0.5) is 5.69 Å². The number of benzene rings is 2. The molecule has 0 saturated heterocycles. The molecule has 2 rings (SSSR count). The molecule has 0 saturated carbocycles. The van der Waals surface area contributed by atoms with Crippen molar-refractivity contribution in [2.24, 2.45) is 5.10 Å². The van der Waals surface area contributed by atoms with E-state index in [4.69, 9.17) is 10.00 Å². The highest BCUT2D eigenvalue weighted by Gasteiger charge is 2.12. The lowest BCUT2D eigenvalue weighted by atomic mass is 10.1. The molecule has 8 heteroatoms. The second-order valence-corrected chi connectivity index (χ2v) is 5.19. The van der Waals surface area contributed by atoms with Gasteiger partial charge in [-0.2, -0.15) is 10.4 Å². The smallest absolute Gasteiger partial charge is 0.277 e. The number of nitrogens with one attached hydrogen (secondary N) is 1. The Morgan fingerprint density at radius 2 is 2.15 bits per heavy atom. The van der Waals surface area contributed by atoms with Crippen molar-refractivity contribution in [2.75, 3.05) is 6.61 Å². The third kappa shape index (κ3) is 4.88. The molecular weight excluding hydrogens is 336 g/mol. The van der Waals surface area contributed by atoms with Crippen LogP contribution in [0, 0.1) is 21.4 Å². The van der Waals surface area contributed by atoms with Gasteiger partial charge in [0.05, 0.1) is 16.7 Å². The fourth-order valence-corrected chi connectivity index (χ4v) is 2.17. The van der Waals surface area contributed by atoms with Crippen LogP contribution in [-0.2, 0) is 11.2 Å². The maximum atomic E-state index is 11.7. The summed E-state index contributed by atoms with van der Waals surface area (Å²) in [6.45, 7) is 1.52.